The van der Waals surface area contributed by atoms with E-state index in [1.807, 2.05) is 6.07 Å². The Bertz CT molecular complexity index is 584. The summed E-state index contributed by atoms with van der Waals surface area (Å²) in [6, 6.07) is 3.13. The third-order valence-electron chi connectivity index (χ3n) is 3.57. The normalized spacial score (nSPS) is 15.7. The molecule has 0 aromatic carbocycles. The number of aromatic nitrogens is 1. The lowest BCUT2D eigenvalue weighted by atomic mass is 9.93. The topological polar surface area (TPSA) is 100 Å². The van der Waals surface area contributed by atoms with Gasteiger partial charge in [-0.05, 0) is 12.8 Å². The zero-order valence-corrected chi connectivity index (χ0v) is 11.1. The van der Waals surface area contributed by atoms with Crippen molar-refractivity contribution in [3.8, 4) is 6.07 Å². The van der Waals surface area contributed by atoms with E-state index in [0.29, 0.717) is 25.7 Å². The third-order valence-corrected chi connectivity index (χ3v) is 3.57. The van der Waals surface area contributed by atoms with Crippen molar-refractivity contribution >= 4 is 17.3 Å². The molecule has 1 fully saturated rings. The fourth-order valence-electron chi connectivity index (χ4n) is 2.40. The van der Waals surface area contributed by atoms with Crippen LogP contribution in [0.1, 0.15) is 31.2 Å². The van der Waals surface area contributed by atoms with Crippen LogP contribution in [-0.2, 0) is 4.79 Å². The maximum Gasteiger partial charge on any atom is 0.312 e. The van der Waals surface area contributed by atoms with Crippen molar-refractivity contribution in [3.05, 3.63) is 27.9 Å². The van der Waals surface area contributed by atoms with Gasteiger partial charge in [-0.15, -0.1) is 0 Å². The summed E-state index contributed by atoms with van der Waals surface area (Å²) in [5.74, 6) is 0.477. The van der Waals surface area contributed by atoms with Gasteiger partial charge in [0.25, 0.3) is 0 Å². The molecule has 0 amide bonds. The molecule has 0 atom stereocenters. The Kier molecular flexibility index (Phi) is 3.94. The van der Waals surface area contributed by atoms with Crippen LogP contribution in [0.15, 0.2) is 12.3 Å². The Morgan fingerprint density at radius 3 is 2.70 bits per heavy atom. The molecule has 2 rings (SSSR count). The van der Waals surface area contributed by atoms with Gasteiger partial charge in [-0.1, -0.05) is 0 Å². The third kappa shape index (κ3) is 2.74. The quantitative estimate of drug-likeness (QED) is 0.615. The molecule has 1 saturated carbocycles. The van der Waals surface area contributed by atoms with Crippen molar-refractivity contribution in [2.45, 2.75) is 31.7 Å². The van der Waals surface area contributed by atoms with E-state index in [4.69, 9.17) is 5.26 Å². The van der Waals surface area contributed by atoms with Crippen LogP contribution in [0.5, 0.6) is 0 Å². The zero-order chi connectivity index (χ0) is 14.7. The SMILES string of the molecule is CN(c1ncc(C#N)cc1[N+](=O)[O-])C1CCC(=O)CC1. The van der Waals surface area contributed by atoms with E-state index >= 15 is 0 Å². The number of rotatable bonds is 3. The number of hydrogen-bond acceptors (Lipinski definition) is 6. The Morgan fingerprint density at radius 2 is 2.15 bits per heavy atom. The van der Waals surface area contributed by atoms with Gasteiger partial charge in [0, 0.05) is 38.2 Å². The maximum absolute atomic E-state index is 11.2. The molecule has 0 spiro atoms. The monoisotopic (exact) mass is 274 g/mol. The molecule has 1 aliphatic carbocycles. The van der Waals surface area contributed by atoms with E-state index in [9.17, 15) is 14.9 Å². The summed E-state index contributed by atoms with van der Waals surface area (Å²) in [5.41, 5.74) is -0.0175. The fraction of sp³-hybridized carbons (Fsp3) is 0.462. The largest absolute Gasteiger partial charge is 0.351 e. The van der Waals surface area contributed by atoms with E-state index in [2.05, 4.69) is 4.98 Å². The predicted molar refractivity (Wildman–Crippen MR) is 71.3 cm³/mol. The summed E-state index contributed by atoms with van der Waals surface area (Å²) in [6.45, 7) is 0. The van der Waals surface area contributed by atoms with E-state index in [-0.39, 0.29) is 28.9 Å². The van der Waals surface area contributed by atoms with Gasteiger partial charge in [-0.2, -0.15) is 5.26 Å². The van der Waals surface area contributed by atoms with Crippen LogP contribution >= 0.6 is 0 Å². The average Bonchev–Trinajstić information content (AvgIpc) is 2.46. The van der Waals surface area contributed by atoms with Gasteiger partial charge in [-0.3, -0.25) is 14.9 Å². The summed E-state index contributed by atoms with van der Waals surface area (Å²) < 4.78 is 0. The van der Waals surface area contributed by atoms with Crippen LogP contribution in [-0.4, -0.2) is 28.8 Å². The van der Waals surface area contributed by atoms with Gasteiger partial charge in [0.15, 0.2) is 0 Å². The molecule has 1 aliphatic rings. The molecule has 0 aliphatic heterocycles. The van der Waals surface area contributed by atoms with Crippen molar-refractivity contribution in [2.24, 2.45) is 0 Å². The lowest BCUT2D eigenvalue weighted by Gasteiger charge is -2.31. The fourth-order valence-corrected chi connectivity index (χ4v) is 2.40. The van der Waals surface area contributed by atoms with Gasteiger partial charge in [0.2, 0.25) is 5.82 Å². The Morgan fingerprint density at radius 1 is 1.50 bits per heavy atom. The first kappa shape index (κ1) is 13.9. The number of nitro groups is 1. The second kappa shape index (κ2) is 5.65. The van der Waals surface area contributed by atoms with Crippen molar-refractivity contribution in [3.63, 3.8) is 0 Å². The van der Waals surface area contributed by atoms with Crippen LogP contribution in [0.2, 0.25) is 0 Å². The molecular formula is C13H14N4O3. The second-order valence-electron chi connectivity index (χ2n) is 4.82. The number of nitriles is 1. The Balaban J connectivity index is 2.29. The number of nitrogens with zero attached hydrogens (tertiary/aromatic N) is 4. The Labute approximate surface area is 116 Å². The number of pyridine rings is 1. The van der Waals surface area contributed by atoms with E-state index < -0.39 is 4.92 Å². The van der Waals surface area contributed by atoms with Gasteiger partial charge >= 0.3 is 5.69 Å². The number of Topliss-reactive ketones (excluding diaryl/α,β-unsaturated/α-hetero) is 1. The zero-order valence-electron chi connectivity index (χ0n) is 11.1. The molecule has 0 bridgehead atoms. The highest BCUT2D eigenvalue weighted by Gasteiger charge is 2.28. The van der Waals surface area contributed by atoms with Gasteiger partial charge in [0.05, 0.1) is 10.5 Å². The summed E-state index contributed by atoms with van der Waals surface area (Å²) in [4.78, 5) is 27.6. The van der Waals surface area contributed by atoms with Crippen LogP contribution in [0.25, 0.3) is 0 Å². The Hall–Kier alpha value is -2.49. The van der Waals surface area contributed by atoms with Crippen LogP contribution < -0.4 is 4.90 Å². The van der Waals surface area contributed by atoms with Crippen LogP contribution in [0.4, 0.5) is 11.5 Å². The first-order valence-corrected chi connectivity index (χ1v) is 6.32. The highest BCUT2D eigenvalue weighted by atomic mass is 16.6. The molecule has 0 unspecified atom stereocenters. The maximum atomic E-state index is 11.2. The molecule has 1 aromatic rings. The smallest absolute Gasteiger partial charge is 0.312 e. The van der Waals surface area contributed by atoms with Crippen molar-refractivity contribution in [2.75, 3.05) is 11.9 Å². The number of carbonyl (C=O) groups is 1. The van der Waals surface area contributed by atoms with Crippen LogP contribution in [0, 0.1) is 21.4 Å². The van der Waals surface area contributed by atoms with E-state index in [1.54, 1.807) is 11.9 Å². The highest BCUT2D eigenvalue weighted by Crippen LogP contribution is 2.30. The summed E-state index contributed by atoms with van der Waals surface area (Å²) >= 11 is 0. The first-order valence-electron chi connectivity index (χ1n) is 6.32. The minimum Gasteiger partial charge on any atom is -0.351 e. The van der Waals surface area contributed by atoms with E-state index in [0.717, 1.165) is 0 Å². The minimum atomic E-state index is -0.534. The molecule has 0 N–H and O–H groups in total. The molecule has 0 radical (unpaired) electrons. The molecule has 1 heterocycles. The average molecular weight is 274 g/mol. The number of carbonyl (C=O) groups excluding carboxylic acids is 1. The first-order chi connectivity index (χ1) is 9.52. The molecule has 104 valence electrons. The van der Waals surface area contributed by atoms with Gasteiger partial charge in [0.1, 0.15) is 11.9 Å². The second-order valence-corrected chi connectivity index (χ2v) is 4.82. The van der Waals surface area contributed by atoms with E-state index in [1.165, 1.54) is 12.3 Å². The molecule has 7 heteroatoms. The van der Waals surface area contributed by atoms with Crippen molar-refractivity contribution in [1.82, 2.24) is 4.98 Å². The molecular weight excluding hydrogens is 260 g/mol. The summed E-state index contributed by atoms with van der Waals surface area (Å²) in [7, 11) is 1.74. The summed E-state index contributed by atoms with van der Waals surface area (Å²) in [6.07, 6.45) is 3.67. The van der Waals surface area contributed by atoms with Gasteiger partial charge < -0.3 is 4.90 Å². The molecule has 20 heavy (non-hydrogen) atoms. The number of ketones is 1. The number of hydrogen-bond donors (Lipinski definition) is 0. The predicted octanol–water partition coefficient (Wildman–Crippen LogP) is 1.81. The van der Waals surface area contributed by atoms with Crippen LogP contribution in [0.3, 0.4) is 0 Å². The lowest BCUT2D eigenvalue weighted by molar-refractivity contribution is -0.384. The summed E-state index contributed by atoms with van der Waals surface area (Å²) in [5, 5.41) is 19.9. The van der Waals surface area contributed by atoms with Crippen molar-refractivity contribution < 1.29 is 9.72 Å². The van der Waals surface area contributed by atoms with Gasteiger partial charge in [-0.25, -0.2) is 4.98 Å². The molecule has 0 saturated heterocycles. The number of anilines is 1. The van der Waals surface area contributed by atoms with Crippen molar-refractivity contribution in [1.29, 1.82) is 5.26 Å². The lowest BCUT2D eigenvalue weighted by Crippen LogP contribution is -2.36. The molecule has 1 aromatic heterocycles. The highest BCUT2D eigenvalue weighted by molar-refractivity contribution is 5.79. The molecule has 7 nitrogen and oxygen atoms in total. The minimum absolute atomic E-state index is 0.0619. The standard InChI is InChI=1S/C13H14N4O3/c1-16(10-2-4-11(18)5-3-10)13-12(17(19)20)6-9(7-14)8-15-13/h6,8,10H,2-5H2,1H3.